The summed E-state index contributed by atoms with van der Waals surface area (Å²) < 4.78 is 7.86. The Morgan fingerprint density at radius 1 is 1.02 bits per heavy atom. The van der Waals surface area contributed by atoms with Crippen molar-refractivity contribution >= 4 is 34.2 Å². The fraction of sp³-hybridized carbons (Fsp3) is 0.400. The third-order valence-corrected chi connectivity index (χ3v) is 8.83. The Morgan fingerprint density at radius 3 is 2.39 bits per heavy atom. The molecular formula is C35H39ClN4O4. The van der Waals surface area contributed by atoms with E-state index in [1.165, 1.54) is 0 Å². The van der Waals surface area contributed by atoms with Crippen molar-refractivity contribution < 1.29 is 19.4 Å². The highest BCUT2D eigenvalue weighted by Crippen LogP contribution is 2.34. The van der Waals surface area contributed by atoms with E-state index in [0.717, 1.165) is 66.5 Å². The van der Waals surface area contributed by atoms with Gasteiger partial charge in [-0.15, -0.1) is 0 Å². The number of ether oxygens (including phenoxy) is 1. The molecule has 0 bridgehead atoms. The summed E-state index contributed by atoms with van der Waals surface area (Å²) in [7, 11) is 0. The summed E-state index contributed by atoms with van der Waals surface area (Å²) in [6.07, 6.45) is 3.30. The Balaban J connectivity index is 1.17. The molecule has 44 heavy (non-hydrogen) atoms. The number of aryl methyl sites for hydroxylation is 1. The molecule has 2 atom stereocenters. The number of Topliss-reactive ketones (excluding diaryl/α,β-unsaturated/α-hetero) is 1. The number of carbonyl (C=O) groups excluding carboxylic acids is 2. The number of ketones is 1. The van der Waals surface area contributed by atoms with Crippen molar-refractivity contribution in [3.05, 3.63) is 82.5 Å². The summed E-state index contributed by atoms with van der Waals surface area (Å²) in [5.74, 6) is -0.811. The monoisotopic (exact) mass is 614 g/mol. The summed E-state index contributed by atoms with van der Waals surface area (Å²) >= 11 is 6.47. The first-order valence-corrected chi connectivity index (χ1v) is 15.9. The quantitative estimate of drug-likeness (QED) is 0.152. The Hall–Kier alpha value is -3.72. The van der Waals surface area contributed by atoms with Gasteiger partial charge in [0.15, 0.2) is 0 Å². The Kier molecular flexibility index (Phi) is 8.76. The number of amides is 1. The zero-order chi connectivity index (χ0) is 31.0. The molecule has 230 valence electrons. The van der Waals surface area contributed by atoms with Crippen molar-refractivity contribution in [2.45, 2.75) is 70.7 Å². The number of halogens is 1. The molecule has 1 aliphatic carbocycles. The van der Waals surface area contributed by atoms with Crippen molar-refractivity contribution in [2.75, 3.05) is 19.6 Å². The number of benzene rings is 3. The third-order valence-electron chi connectivity index (χ3n) is 8.53. The number of carbonyl (C=O) groups is 2. The van der Waals surface area contributed by atoms with Gasteiger partial charge < -0.3 is 20.1 Å². The molecule has 1 saturated carbocycles. The van der Waals surface area contributed by atoms with Crippen LogP contribution in [0.5, 0.6) is 5.75 Å². The number of nitrogens with one attached hydrogen (secondary N) is 1. The number of rotatable bonds is 11. The normalized spacial score (nSPS) is 16.8. The summed E-state index contributed by atoms with van der Waals surface area (Å²) in [6, 6.07) is 18.1. The highest BCUT2D eigenvalue weighted by molar-refractivity contribution is 6.42. The lowest BCUT2D eigenvalue weighted by molar-refractivity contribution is -0.118. The van der Waals surface area contributed by atoms with Crippen LogP contribution in [0.25, 0.3) is 22.0 Å². The number of hydrogen-bond donors (Lipinski definition) is 2. The average molecular weight is 615 g/mol. The smallest absolute Gasteiger partial charge is 0.292 e. The van der Waals surface area contributed by atoms with Crippen LogP contribution in [-0.4, -0.2) is 63.3 Å². The highest BCUT2D eigenvalue weighted by Gasteiger charge is 2.30. The molecule has 8 nitrogen and oxygen atoms in total. The molecule has 2 heterocycles. The predicted molar refractivity (Wildman–Crippen MR) is 172 cm³/mol. The molecule has 4 aromatic rings. The van der Waals surface area contributed by atoms with Crippen LogP contribution >= 0.6 is 11.6 Å². The average Bonchev–Trinajstić information content (AvgIpc) is 3.57. The van der Waals surface area contributed by atoms with Crippen LogP contribution in [-0.2, 0) is 4.79 Å². The molecule has 1 saturated heterocycles. The molecule has 9 heteroatoms. The third kappa shape index (κ3) is 6.53. The second-order valence-corrected chi connectivity index (χ2v) is 12.7. The number of aliphatic hydroxyl groups is 1. The molecule has 3 aromatic carbocycles. The van der Waals surface area contributed by atoms with Crippen LogP contribution in [0.4, 0.5) is 0 Å². The molecule has 1 aliphatic heterocycles. The Morgan fingerprint density at radius 2 is 1.73 bits per heavy atom. The van der Waals surface area contributed by atoms with E-state index in [1.54, 1.807) is 30.3 Å². The lowest BCUT2D eigenvalue weighted by Gasteiger charge is -2.28. The van der Waals surface area contributed by atoms with E-state index in [1.807, 2.05) is 29.8 Å². The number of aliphatic hydroxyl groups excluding tert-OH is 1. The molecular weight excluding hydrogens is 576 g/mol. The molecule has 0 radical (unpaired) electrons. The fourth-order valence-electron chi connectivity index (χ4n) is 5.91. The van der Waals surface area contributed by atoms with E-state index in [-0.39, 0.29) is 17.7 Å². The maximum atomic E-state index is 13.3. The Bertz CT molecular complexity index is 1670. The number of hydrogen-bond acceptors (Lipinski definition) is 6. The van der Waals surface area contributed by atoms with E-state index in [9.17, 15) is 14.7 Å². The highest BCUT2D eigenvalue weighted by atomic mass is 35.5. The Labute approximate surface area is 263 Å². The van der Waals surface area contributed by atoms with Gasteiger partial charge in [0.05, 0.1) is 28.4 Å². The number of fused-ring (bicyclic) bond motifs is 1. The molecule has 1 amide bonds. The van der Waals surface area contributed by atoms with Crippen LogP contribution in [0.1, 0.15) is 73.3 Å². The van der Waals surface area contributed by atoms with Gasteiger partial charge in [-0.25, -0.2) is 0 Å². The molecule has 2 aliphatic rings. The van der Waals surface area contributed by atoms with Gasteiger partial charge in [0.25, 0.3) is 5.91 Å². The standard InChI is InChI=1S/C35H39ClN4O4/c1-21(2)40-31-14-10-25(18-28(31)22(3)38-40)23-6-8-24(9-7-23)34(42)35(43)37-30(20-39-16-4-5-17-39)33(41)26-11-15-32(29(36)19-26)44-27-12-13-27/h6-11,14-15,18-19,21,27,30,33,41H,4-5,12-13,16-17,20H2,1-3H3,(H,37,43)/t30-,33-/m1/s1. The number of likely N-dealkylation sites (tertiary alicyclic amines) is 1. The van der Waals surface area contributed by atoms with E-state index in [0.29, 0.717) is 22.9 Å². The van der Waals surface area contributed by atoms with Gasteiger partial charge in [-0.05, 0) is 100 Å². The van der Waals surface area contributed by atoms with Gasteiger partial charge >= 0.3 is 0 Å². The van der Waals surface area contributed by atoms with Gasteiger partial charge in [-0.3, -0.25) is 14.3 Å². The minimum absolute atomic E-state index is 0.202. The van der Waals surface area contributed by atoms with Gasteiger partial charge in [-0.2, -0.15) is 5.10 Å². The van der Waals surface area contributed by atoms with Crippen molar-refractivity contribution in [1.29, 1.82) is 0 Å². The lowest BCUT2D eigenvalue weighted by Crippen LogP contribution is -2.48. The second-order valence-electron chi connectivity index (χ2n) is 12.3. The molecule has 6 rings (SSSR count). The van der Waals surface area contributed by atoms with Crippen LogP contribution in [0, 0.1) is 6.92 Å². The van der Waals surface area contributed by atoms with Gasteiger partial charge in [0.2, 0.25) is 5.78 Å². The van der Waals surface area contributed by atoms with Crippen molar-refractivity contribution in [2.24, 2.45) is 0 Å². The first-order valence-electron chi connectivity index (χ1n) is 15.5. The summed E-state index contributed by atoms with van der Waals surface area (Å²) in [6.45, 7) is 8.41. The largest absolute Gasteiger partial charge is 0.489 e. The summed E-state index contributed by atoms with van der Waals surface area (Å²) in [5, 5.41) is 20.4. The van der Waals surface area contributed by atoms with E-state index in [4.69, 9.17) is 16.3 Å². The van der Waals surface area contributed by atoms with Gasteiger partial charge in [0, 0.05) is 23.5 Å². The van der Waals surface area contributed by atoms with Crippen LogP contribution < -0.4 is 10.1 Å². The first kappa shape index (κ1) is 30.3. The van der Waals surface area contributed by atoms with Crippen molar-refractivity contribution in [3.8, 4) is 16.9 Å². The lowest BCUT2D eigenvalue weighted by atomic mass is 9.99. The van der Waals surface area contributed by atoms with Gasteiger partial charge in [-0.1, -0.05) is 48.0 Å². The zero-order valence-electron chi connectivity index (χ0n) is 25.4. The first-order chi connectivity index (χ1) is 21.2. The molecule has 2 N–H and O–H groups in total. The predicted octanol–water partition coefficient (Wildman–Crippen LogP) is 6.28. The molecule has 0 spiro atoms. The maximum absolute atomic E-state index is 13.3. The van der Waals surface area contributed by atoms with E-state index < -0.39 is 23.8 Å². The molecule has 2 fully saturated rings. The summed E-state index contributed by atoms with van der Waals surface area (Å²) in [4.78, 5) is 28.7. The molecule has 1 aromatic heterocycles. The van der Waals surface area contributed by atoms with Crippen LogP contribution in [0.15, 0.2) is 60.7 Å². The topological polar surface area (TPSA) is 96.7 Å². The fourth-order valence-corrected chi connectivity index (χ4v) is 6.14. The molecule has 0 unspecified atom stereocenters. The van der Waals surface area contributed by atoms with Crippen molar-refractivity contribution in [3.63, 3.8) is 0 Å². The van der Waals surface area contributed by atoms with E-state index >= 15 is 0 Å². The number of aromatic nitrogens is 2. The minimum Gasteiger partial charge on any atom is -0.489 e. The summed E-state index contributed by atoms with van der Waals surface area (Å²) in [5.41, 5.74) is 4.85. The number of nitrogens with zero attached hydrogens (tertiary/aromatic N) is 3. The minimum atomic E-state index is -1.05. The SMILES string of the molecule is Cc1nn(C(C)C)c2ccc(-c3ccc(C(=O)C(=O)N[C@H](CN4CCCC4)[C@H](O)c4ccc(OC5CC5)c(Cl)c4)cc3)cc12. The van der Waals surface area contributed by atoms with Crippen LogP contribution in [0.2, 0.25) is 5.02 Å². The van der Waals surface area contributed by atoms with Crippen molar-refractivity contribution in [1.82, 2.24) is 20.0 Å². The van der Waals surface area contributed by atoms with Crippen LogP contribution in [0.3, 0.4) is 0 Å². The maximum Gasteiger partial charge on any atom is 0.292 e. The van der Waals surface area contributed by atoms with Gasteiger partial charge in [0.1, 0.15) is 11.9 Å². The second kappa shape index (κ2) is 12.7. The zero-order valence-corrected chi connectivity index (χ0v) is 26.2. The van der Waals surface area contributed by atoms with E-state index in [2.05, 4.69) is 41.3 Å².